The number of piperidine rings is 1. The van der Waals surface area contributed by atoms with Gasteiger partial charge in [-0.15, -0.1) is 5.10 Å². The number of rotatable bonds is 1. The van der Waals surface area contributed by atoms with Gasteiger partial charge < -0.3 is 15.4 Å². The minimum atomic E-state index is -0.500. The molecule has 8 nitrogen and oxygen atoms in total. The zero-order chi connectivity index (χ0) is 16.6. The molecule has 0 bridgehead atoms. The summed E-state index contributed by atoms with van der Waals surface area (Å²) in [5.41, 5.74) is 7.21. The number of ether oxygens (including phenoxy) is 1. The van der Waals surface area contributed by atoms with Crippen molar-refractivity contribution in [3.63, 3.8) is 0 Å². The summed E-state index contributed by atoms with van der Waals surface area (Å²) in [7, 11) is 0. The molecule has 8 heteroatoms. The zero-order valence-electron chi connectivity index (χ0n) is 13.7. The van der Waals surface area contributed by atoms with E-state index in [1.54, 1.807) is 21.8 Å². The highest BCUT2D eigenvalue weighted by molar-refractivity contribution is 5.83. The van der Waals surface area contributed by atoms with Crippen molar-refractivity contribution in [1.29, 1.82) is 0 Å². The van der Waals surface area contributed by atoms with E-state index in [4.69, 9.17) is 10.5 Å². The largest absolute Gasteiger partial charge is 0.444 e. The van der Waals surface area contributed by atoms with Crippen LogP contribution in [-0.2, 0) is 4.74 Å². The average molecular weight is 318 g/mol. The maximum Gasteiger partial charge on any atom is 0.410 e. The molecule has 1 aliphatic heterocycles. The van der Waals surface area contributed by atoms with Crippen molar-refractivity contribution in [2.45, 2.75) is 45.3 Å². The maximum atomic E-state index is 12.3. The predicted octanol–water partition coefficient (Wildman–Crippen LogP) is 1.98. The van der Waals surface area contributed by atoms with Gasteiger partial charge in [-0.05, 0) is 39.7 Å². The van der Waals surface area contributed by atoms with Crippen LogP contribution in [0, 0.1) is 0 Å². The maximum absolute atomic E-state index is 12.3. The SMILES string of the molecule is CC(C)(C)OC(=O)N1CCC[C@H](n2nnc3c(N)ccnc32)C1. The number of fused-ring (bicyclic) bond motifs is 1. The molecular weight excluding hydrogens is 296 g/mol. The van der Waals surface area contributed by atoms with Crippen molar-refractivity contribution < 1.29 is 9.53 Å². The van der Waals surface area contributed by atoms with Crippen LogP contribution >= 0.6 is 0 Å². The van der Waals surface area contributed by atoms with E-state index in [0.717, 1.165) is 12.8 Å². The van der Waals surface area contributed by atoms with Gasteiger partial charge in [0.25, 0.3) is 0 Å². The molecule has 1 atom stereocenters. The van der Waals surface area contributed by atoms with E-state index in [0.29, 0.717) is 29.9 Å². The number of carbonyl (C=O) groups excluding carboxylic acids is 1. The third kappa shape index (κ3) is 3.20. The van der Waals surface area contributed by atoms with E-state index >= 15 is 0 Å². The van der Waals surface area contributed by atoms with Gasteiger partial charge in [0, 0.05) is 19.3 Å². The molecule has 3 heterocycles. The van der Waals surface area contributed by atoms with Crippen molar-refractivity contribution in [2.75, 3.05) is 18.8 Å². The molecule has 124 valence electrons. The van der Waals surface area contributed by atoms with Crippen LogP contribution in [0.2, 0.25) is 0 Å². The van der Waals surface area contributed by atoms with Crippen LogP contribution in [-0.4, -0.2) is 49.7 Å². The Bertz CT molecular complexity index is 720. The number of amides is 1. The van der Waals surface area contributed by atoms with E-state index in [-0.39, 0.29) is 12.1 Å². The fraction of sp³-hybridized carbons (Fsp3) is 0.600. The first-order valence-corrected chi connectivity index (χ1v) is 7.78. The van der Waals surface area contributed by atoms with Crippen LogP contribution in [0.15, 0.2) is 12.3 Å². The molecular formula is C15H22N6O2. The van der Waals surface area contributed by atoms with Crippen LogP contribution in [0.25, 0.3) is 11.2 Å². The Balaban J connectivity index is 1.80. The normalized spacial score (nSPS) is 19.1. The van der Waals surface area contributed by atoms with Gasteiger partial charge in [-0.1, -0.05) is 5.21 Å². The Labute approximate surface area is 134 Å². The smallest absolute Gasteiger partial charge is 0.410 e. The highest BCUT2D eigenvalue weighted by atomic mass is 16.6. The van der Waals surface area contributed by atoms with E-state index in [1.807, 2.05) is 20.8 Å². The summed E-state index contributed by atoms with van der Waals surface area (Å²) in [6, 6.07) is 1.73. The Morgan fingerprint density at radius 2 is 2.22 bits per heavy atom. The number of hydrogen-bond donors (Lipinski definition) is 1. The number of likely N-dealkylation sites (tertiary alicyclic amines) is 1. The number of nitrogen functional groups attached to an aromatic ring is 1. The van der Waals surface area contributed by atoms with Crippen molar-refractivity contribution in [1.82, 2.24) is 24.9 Å². The van der Waals surface area contributed by atoms with Crippen LogP contribution < -0.4 is 5.73 Å². The first kappa shape index (κ1) is 15.5. The van der Waals surface area contributed by atoms with Gasteiger partial charge in [0.2, 0.25) is 0 Å². The van der Waals surface area contributed by atoms with Gasteiger partial charge in [-0.3, -0.25) is 0 Å². The van der Waals surface area contributed by atoms with Gasteiger partial charge in [-0.25, -0.2) is 14.5 Å². The zero-order valence-corrected chi connectivity index (χ0v) is 13.7. The number of nitrogens with two attached hydrogens (primary N) is 1. The number of aromatic nitrogens is 4. The standard InChI is InChI=1S/C15H22N6O2/c1-15(2,3)23-14(22)20-8-4-5-10(9-20)21-13-12(18-19-21)11(16)6-7-17-13/h6-7,10H,4-5,8-9H2,1-3H3,(H2,16,17)/t10-/m0/s1. The second-order valence-corrected chi connectivity index (χ2v) is 6.83. The molecule has 0 unspecified atom stereocenters. The van der Waals surface area contributed by atoms with Gasteiger partial charge in [-0.2, -0.15) is 0 Å². The first-order valence-electron chi connectivity index (χ1n) is 7.78. The summed E-state index contributed by atoms with van der Waals surface area (Å²) < 4.78 is 7.22. The summed E-state index contributed by atoms with van der Waals surface area (Å²) in [6.45, 7) is 6.81. The lowest BCUT2D eigenvalue weighted by Crippen LogP contribution is -2.43. The second-order valence-electron chi connectivity index (χ2n) is 6.83. The number of nitrogens with zero attached hydrogens (tertiary/aromatic N) is 5. The molecule has 23 heavy (non-hydrogen) atoms. The van der Waals surface area contributed by atoms with Crippen LogP contribution in [0.3, 0.4) is 0 Å². The molecule has 1 saturated heterocycles. The molecule has 2 N–H and O–H groups in total. The minimum Gasteiger partial charge on any atom is -0.444 e. The highest BCUT2D eigenvalue weighted by Crippen LogP contribution is 2.26. The van der Waals surface area contributed by atoms with E-state index in [9.17, 15) is 4.79 Å². The second kappa shape index (κ2) is 5.68. The van der Waals surface area contributed by atoms with Crippen molar-refractivity contribution in [2.24, 2.45) is 0 Å². The van der Waals surface area contributed by atoms with Gasteiger partial charge in [0.05, 0.1) is 11.7 Å². The lowest BCUT2D eigenvalue weighted by atomic mass is 10.1. The molecule has 0 aliphatic carbocycles. The van der Waals surface area contributed by atoms with Gasteiger partial charge in [0.15, 0.2) is 11.2 Å². The Hall–Kier alpha value is -2.38. The number of anilines is 1. The lowest BCUT2D eigenvalue weighted by Gasteiger charge is -2.33. The topological polar surface area (TPSA) is 99.2 Å². The summed E-state index contributed by atoms with van der Waals surface area (Å²) >= 11 is 0. The summed E-state index contributed by atoms with van der Waals surface area (Å²) in [6.07, 6.45) is 3.15. The summed E-state index contributed by atoms with van der Waals surface area (Å²) in [5, 5.41) is 8.31. The van der Waals surface area contributed by atoms with Crippen molar-refractivity contribution >= 4 is 22.9 Å². The van der Waals surface area contributed by atoms with E-state index < -0.39 is 5.60 Å². The minimum absolute atomic E-state index is 0.0237. The van der Waals surface area contributed by atoms with Gasteiger partial charge >= 0.3 is 6.09 Å². The molecule has 1 amide bonds. The first-order chi connectivity index (χ1) is 10.8. The molecule has 0 spiro atoms. The highest BCUT2D eigenvalue weighted by Gasteiger charge is 2.30. The third-order valence-corrected chi connectivity index (χ3v) is 3.79. The fourth-order valence-electron chi connectivity index (χ4n) is 2.76. The molecule has 0 aromatic carbocycles. The molecule has 0 radical (unpaired) electrons. The van der Waals surface area contributed by atoms with Crippen LogP contribution in [0.4, 0.5) is 10.5 Å². The summed E-state index contributed by atoms with van der Waals surface area (Å²) in [5.74, 6) is 0. The molecule has 3 rings (SSSR count). The Kier molecular flexibility index (Phi) is 3.83. The number of carbonyl (C=O) groups is 1. The molecule has 2 aromatic rings. The molecule has 1 aliphatic rings. The quantitative estimate of drug-likeness (QED) is 0.863. The fourth-order valence-corrected chi connectivity index (χ4v) is 2.76. The van der Waals surface area contributed by atoms with E-state index in [2.05, 4.69) is 15.3 Å². The predicted molar refractivity (Wildman–Crippen MR) is 85.8 cm³/mol. The third-order valence-electron chi connectivity index (χ3n) is 3.79. The lowest BCUT2D eigenvalue weighted by molar-refractivity contribution is 0.0168. The van der Waals surface area contributed by atoms with E-state index in [1.165, 1.54) is 0 Å². The number of pyridine rings is 1. The van der Waals surface area contributed by atoms with Gasteiger partial charge in [0.1, 0.15) is 5.60 Å². The van der Waals surface area contributed by atoms with Crippen LogP contribution in [0.1, 0.15) is 39.7 Å². The molecule has 2 aromatic heterocycles. The average Bonchev–Trinajstić information content (AvgIpc) is 2.91. The molecule has 1 fully saturated rings. The van der Waals surface area contributed by atoms with Crippen molar-refractivity contribution in [3.8, 4) is 0 Å². The summed E-state index contributed by atoms with van der Waals surface area (Å²) in [4.78, 5) is 18.3. The van der Waals surface area contributed by atoms with Crippen LogP contribution in [0.5, 0.6) is 0 Å². The molecule has 0 saturated carbocycles. The number of hydrogen-bond acceptors (Lipinski definition) is 6. The van der Waals surface area contributed by atoms with Crippen molar-refractivity contribution in [3.05, 3.63) is 12.3 Å². The monoisotopic (exact) mass is 318 g/mol. The Morgan fingerprint density at radius 1 is 1.43 bits per heavy atom. The Morgan fingerprint density at radius 3 is 2.96 bits per heavy atom.